The summed E-state index contributed by atoms with van der Waals surface area (Å²) in [5.74, 6) is -0.521. The molecule has 2 rings (SSSR count). The highest BCUT2D eigenvalue weighted by molar-refractivity contribution is 7.91. The maximum atomic E-state index is 12.7. The summed E-state index contributed by atoms with van der Waals surface area (Å²) < 4.78 is 54.5. The maximum absolute atomic E-state index is 12.7. The predicted molar refractivity (Wildman–Crippen MR) is 76.6 cm³/mol. The molecule has 2 aromatic carbocycles. The first-order valence-corrected chi connectivity index (χ1v) is 7.68. The summed E-state index contributed by atoms with van der Waals surface area (Å²) in [6, 6.07) is 10.1. The van der Waals surface area contributed by atoms with Crippen molar-refractivity contribution in [1.29, 1.82) is 0 Å². The molecule has 0 radical (unpaired) electrons. The van der Waals surface area contributed by atoms with E-state index in [1.165, 1.54) is 36.4 Å². The highest BCUT2D eigenvalue weighted by Crippen LogP contribution is 2.33. The van der Waals surface area contributed by atoms with Crippen molar-refractivity contribution in [3.05, 3.63) is 48.5 Å². The lowest BCUT2D eigenvalue weighted by atomic mass is 10.3. The van der Waals surface area contributed by atoms with E-state index in [9.17, 15) is 22.0 Å². The Kier molecular flexibility index (Phi) is 4.80. The number of alkyl halides is 2. The van der Waals surface area contributed by atoms with Crippen LogP contribution in [0.5, 0.6) is 5.75 Å². The lowest BCUT2D eigenvalue weighted by Crippen LogP contribution is -2.13. The third-order valence-electron chi connectivity index (χ3n) is 2.77. The van der Waals surface area contributed by atoms with Crippen LogP contribution in [0.2, 0.25) is 0 Å². The van der Waals surface area contributed by atoms with Crippen LogP contribution < -0.4 is 10.1 Å². The molecule has 1 amide bonds. The summed E-state index contributed by atoms with van der Waals surface area (Å²) in [6.45, 7) is -3.20. The number of rotatable bonds is 5. The van der Waals surface area contributed by atoms with E-state index < -0.39 is 33.2 Å². The molecule has 0 aliphatic rings. The fraction of sp³-hybridized carbons (Fsp3) is 0.0714. The van der Waals surface area contributed by atoms with Crippen molar-refractivity contribution < 1.29 is 31.8 Å². The van der Waals surface area contributed by atoms with Crippen LogP contribution in [0.1, 0.15) is 0 Å². The average molecular weight is 343 g/mol. The first-order valence-electron chi connectivity index (χ1n) is 6.20. The molecule has 9 heteroatoms. The van der Waals surface area contributed by atoms with Gasteiger partial charge >= 0.3 is 12.7 Å². The molecule has 0 unspecified atom stereocenters. The number of halogens is 2. The minimum atomic E-state index is -4.28. The van der Waals surface area contributed by atoms with Gasteiger partial charge in [-0.25, -0.2) is 13.2 Å². The Hall–Kier alpha value is -2.68. The van der Waals surface area contributed by atoms with E-state index in [4.69, 9.17) is 5.11 Å². The lowest BCUT2D eigenvalue weighted by Gasteiger charge is -2.13. The van der Waals surface area contributed by atoms with Crippen LogP contribution in [0.3, 0.4) is 0 Å². The highest BCUT2D eigenvalue weighted by atomic mass is 32.2. The van der Waals surface area contributed by atoms with Gasteiger partial charge < -0.3 is 9.84 Å². The van der Waals surface area contributed by atoms with E-state index in [0.29, 0.717) is 0 Å². The first kappa shape index (κ1) is 16.7. The molecule has 6 nitrogen and oxygen atoms in total. The van der Waals surface area contributed by atoms with Crippen molar-refractivity contribution in [2.24, 2.45) is 0 Å². The molecule has 0 fully saturated rings. The van der Waals surface area contributed by atoms with Crippen molar-refractivity contribution in [1.82, 2.24) is 0 Å². The summed E-state index contributed by atoms with van der Waals surface area (Å²) in [7, 11) is -4.28. The molecule has 0 spiro atoms. The van der Waals surface area contributed by atoms with E-state index in [0.717, 1.165) is 12.1 Å². The summed E-state index contributed by atoms with van der Waals surface area (Å²) in [5, 5.41) is 10.7. The zero-order valence-corrected chi connectivity index (χ0v) is 12.3. The molecule has 0 saturated carbocycles. The third-order valence-corrected chi connectivity index (χ3v) is 4.62. The van der Waals surface area contributed by atoms with Gasteiger partial charge in [-0.2, -0.15) is 8.78 Å². The molecule has 122 valence electrons. The molecule has 0 aromatic heterocycles. The molecule has 0 heterocycles. The summed E-state index contributed by atoms with van der Waals surface area (Å²) in [6.07, 6.45) is -1.45. The molecule has 0 bridgehead atoms. The normalized spacial score (nSPS) is 11.3. The van der Waals surface area contributed by atoms with E-state index in [1.807, 2.05) is 5.32 Å². The van der Waals surface area contributed by atoms with Crippen LogP contribution in [0.25, 0.3) is 0 Å². The van der Waals surface area contributed by atoms with Gasteiger partial charge in [0.15, 0.2) is 0 Å². The smallest absolute Gasteiger partial charge is 0.409 e. The summed E-state index contributed by atoms with van der Waals surface area (Å²) >= 11 is 0. The molecule has 2 aromatic rings. The Labute approximate surface area is 130 Å². The van der Waals surface area contributed by atoms with Gasteiger partial charge in [0.2, 0.25) is 9.84 Å². The highest BCUT2D eigenvalue weighted by Gasteiger charge is 2.26. The molecular formula is C14H11F2NO5S. The van der Waals surface area contributed by atoms with E-state index in [2.05, 4.69) is 4.74 Å². The van der Waals surface area contributed by atoms with Crippen LogP contribution in [0.4, 0.5) is 19.3 Å². The lowest BCUT2D eigenvalue weighted by molar-refractivity contribution is -0.0517. The number of anilines is 1. The first-order chi connectivity index (χ1) is 10.8. The van der Waals surface area contributed by atoms with Crippen molar-refractivity contribution in [2.45, 2.75) is 16.4 Å². The second-order valence-electron chi connectivity index (χ2n) is 4.25. The number of ether oxygens (including phenoxy) is 1. The number of hydrogen-bond acceptors (Lipinski definition) is 4. The van der Waals surface area contributed by atoms with E-state index >= 15 is 0 Å². The number of amides is 1. The SMILES string of the molecule is O=C(O)Nc1ccccc1S(=O)(=O)c1ccccc1OC(F)F. The van der Waals surface area contributed by atoms with Gasteiger partial charge in [0, 0.05) is 0 Å². The number of para-hydroxylation sites is 2. The predicted octanol–water partition coefficient (Wildman–Crippen LogP) is 3.21. The third kappa shape index (κ3) is 3.75. The van der Waals surface area contributed by atoms with Crippen molar-refractivity contribution >= 4 is 21.6 Å². The largest absolute Gasteiger partial charge is 0.465 e. The number of benzene rings is 2. The van der Waals surface area contributed by atoms with Gasteiger partial charge in [-0.15, -0.1) is 0 Å². The zero-order chi connectivity index (χ0) is 17.0. The minimum Gasteiger partial charge on any atom is -0.465 e. The molecule has 0 aliphatic heterocycles. The summed E-state index contributed by atoms with van der Waals surface area (Å²) in [5.41, 5.74) is -0.188. The average Bonchev–Trinajstić information content (AvgIpc) is 2.46. The van der Waals surface area contributed by atoms with Crippen LogP contribution in [-0.4, -0.2) is 26.2 Å². The number of carboxylic acid groups (broad SMARTS) is 1. The Morgan fingerprint density at radius 2 is 1.61 bits per heavy atom. The quantitative estimate of drug-likeness (QED) is 0.869. The standard InChI is InChI=1S/C14H11F2NO5S/c15-13(16)22-10-6-2-4-8-12(10)23(20,21)11-7-3-1-5-9(11)17-14(18)19/h1-8,13,17H,(H,18,19). The van der Waals surface area contributed by atoms with Gasteiger partial charge in [0.05, 0.1) is 10.6 Å². The minimum absolute atomic E-state index is 0.188. The van der Waals surface area contributed by atoms with E-state index in [1.54, 1.807) is 0 Å². The van der Waals surface area contributed by atoms with Gasteiger partial charge in [-0.05, 0) is 24.3 Å². The van der Waals surface area contributed by atoms with Crippen molar-refractivity contribution in [2.75, 3.05) is 5.32 Å². The van der Waals surface area contributed by atoms with Crippen LogP contribution in [0, 0.1) is 0 Å². The molecule has 2 N–H and O–H groups in total. The van der Waals surface area contributed by atoms with Crippen LogP contribution >= 0.6 is 0 Å². The van der Waals surface area contributed by atoms with Crippen LogP contribution in [-0.2, 0) is 9.84 Å². The topological polar surface area (TPSA) is 92.7 Å². The Morgan fingerprint density at radius 3 is 2.22 bits per heavy atom. The van der Waals surface area contributed by atoms with Crippen molar-refractivity contribution in [3.8, 4) is 5.75 Å². The Bertz CT molecular complexity index is 823. The van der Waals surface area contributed by atoms with E-state index in [-0.39, 0.29) is 10.6 Å². The molecule has 0 saturated heterocycles. The zero-order valence-electron chi connectivity index (χ0n) is 11.4. The number of sulfone groups is 1. The van der Waals surface area contributed by atoms with Gasteiger partial charge in [0.1, 0.15) is 10.6 Å². The van der Waals surface area contributed by atoms with Gasteiger partial charge in [-0.3, -0.25) is 5.32 Å². The molecule has 0 atom stereocenters. The number of hydrogen-bond donors (Lipinski definition) is 2. The fourth-order valence-corrected chi connectivity index (χ4v) is 3.45. The fourth-order valence-electron chi connectivity index (χ4n) is 1.90. The van der Waals surface area contributed by atoms with Crippen LogP contribution in [0.15, 0.2) is 58.3 Å². The Balaban J connectivity index is 2.58. The summed E-state index contributed by atoms with van der Waals surface area (Å²) in [4.78, 5) is 9.91. The monoisotopic (exact) mass is 343 g/mol. The second-order valence-corrected chi connectivity index (χ2v) is 6.14. The molecular weight excluding hydrogens is 332 g/mol. The number of nitrogens with one attached hydrogen (secondary N) is 1. The van der Waals surface area contributed by atoms with Gasteiger partial charge in [0.25, 0.3) is 0 Å². The van der Waals surface area contributed by atoms with Gasteiger partial charge in [-0.1, -0.05) is 24.3 Å². The Morgan fingerprint density at radius 1 is 1.04 bits per heavy atom. The molecule has 0 aliphatic carbocycles. The van der Waals surface area contributed by atoms with Crippen molar-refractivity contribution in [3.63, 3.8) is 0 Å². The number of carbonyl (C=O) groups is 1. The maximum Gasteiger partial charge on any atom is 0.409 e. The second kappa shape index (κ2) is 6.61. The molecule has 23 heavy (non-hydrogen) atoms.